The smallest absolute Gasteiger partial charge is 0.321 e. The number of para-hydroxylation sites is 1. The fraction of sp³-hybridized carbons (Fsp3) is 0.343. The van der Waals surface area contributed by atoms with Crippen molar-refractivity contribution in [1.29, 1.82) is 0 Å². The second-order valence-electron chi connectivity index (χ2n) is 11.9. The minimum Gasteiger partial charge on any atom is -0.497 e. The van der Waals surface area contributed by atoms with Crippen molar-refractivity contribution in [3.05, 3.63) is 84.1 Å². The largest absolute Gasteiger partial charge is 0.497 e. The zero-order valence-corrected chi connectivity index (χ0v) is 26.8. The molecule has 0 aliphatic carbocycles. The van der Waals surface area contributed by atoms with Crippen LogP contribution in [0.1, 0.15) is 29.8 Å². The van der Waals surface area contributed by atoms with Crippen molar-refractivity contribution in [2.24, 2.45) is 13.0 Å². The van der Waals surface area contributed by atoms with Gasteiger partial charge in [-0.25, -0.2) is 4.79 Å². The fourth-order valence-electron chi connectivity index (χ4n) is 5.71. The SMILES string of the molecule is COc1ccc(NC(=O)N(C)C[C@H]2Oc3ccc(NC(=O)Cc4cn(C)c5ccccc45)cc3C(=O)N([C@@H](C)CO)C[C@@H]2C)cc1. The normalized spacial score (nSPS) is 16.9. The molecule has 3 atom stereocenters. The Hall–Kier alpha value is -5.03. The van der Waals surface area contributed by atoms with E-state index in [9.17, 15) is 19.5 Å². The van der Waals surface area contributed by atoms with Gasteiger partial charge in [0.1, 0.15) is 17.6 Å². The van der Waals surface area contributed by atoms with Crippen LogP contribution in [0.25, 0.3) is 10.9 Å². The monoisotopic (exact) mass is 627 g/mol. The average molecular weight is 628 g/mol. The number of aliphatic hydroxyl groups excluding tert-OH is 1. The Balaban J connectivity index is 1.35. The number of benzene rings is 3. The Morgan fingerprint density at radius 2 is 1.80 bits per heavy atom. The number of aryl methyl sites for hydroxylation is 1. The summed E-state index contributed by atoms with van der Waals surface area (Å²) in [6.45, 7) is 4.06. The number of nitrogens with zero attached hydrogens (tertiary/aromatic N) is 3. The first-order valence-corrected chi connectivity index (χ1v) is 15.3. The third-order valence-electron chi connectivity index (χ3n) is 8.42. The van der Waals surface area contributed by atoms with Crippen LogP contribution in [0.5, 0.6) is 11.5 Å². The van der Waals surface area contributed by atoms with Crippen LogP contribution in [-0.4, -0.2) is 83.3 Å². The maximum absolute atomic E-state index is 13.8. The Kier molecular flexibility index (Phi) is 9.81. The van der Waals surface area contributed by atoms with E-state index in [1.165, 1.54) is 4.90 Å². The van der Waals surface area contributed by atoms with Gasteiger partial charge in [-0.15, -0.1) is 0 Å². The van der Waals surface area contributed by atoms with Crippen LogP contribution >= 0.6 is 0 Å². The lowest BCUT2D eigenvalue weighted by Crippen LogP contribution is -2.50. The van der Waals surface area contributed by atoms with Crippen LogP contribution in [0.4, 0.5) is 16.2 Å². The van der Waals surface area contributed by atoms with Crippen LogP contribution < -0.4 is 20.1 Å². The summed E-state index contributed by atoms with van der Waals surface area (Å²) >= 11 is 0. The molecule has 1 aliphatic heterocycles. The summed E-state index contributed by atoms with van der Waals surface area (Å²) in [5.74, 6) is 0.324. The number of methoxy groups -OCH3 is 1. The molecule has 1 aliphatic rings. The van der Waals surface area contributed by atoms with E-state index >= 15 is 0 Å². The van der Waals surface area contributed by atoms with Gasteiger partial charge in [-0.05, 0) is 61.0 Å². The molecule has 242 valence electrons. The Morgan fingerprint density at radius 1 is 1.09 bits per heavy atom. The number of aliphatic hydroxyl groups is 1. The lowest BCUT2D eigenvalue weighted by molar-refractivity contribution is -0.115. The Bertz CT molecular complexity index is 1720. The number of ether oxygens (including phenoxy) is 2. The van der Waals surface area contributed by atoms with Gasteiger partial charge in [-0.3, -0.25) is 9.59 Å². The molecular formula is C35H41N5O6. The Labute approximate surface area is 268 Å². The second kappa shape index (κ2) is 13.9. The predicted molar refractivity (Wildman–Crippen MR) is 178 cm³/mol. The minimum absolute atomic E-state index is 0.168. The van der Waals surface area contributed by atoms with Crippen molar-refractivity contribution in [2.45, 2.75) is 32.4 Å². The number of hydrogen-bond donors (Lipinski definition) is 3. The molecule has 0 fully saturated rings. The molecule has 11 nitrogen and oxygen atoms in total. The molecule has 4 amide bonds. The number of carbonyl (C=O) groups is 3. The fourth-order valence-corrected chi connectivity index (χ4v) is 5.71. The highest BCUT2D eigenvalue weighted by Crippen LogP contribution is 2.31. The van der Waals surface area contributed by atoms with Gasteiger partial charge in [-0.2, -0.15) is 0 Å². The zero-order valence-electron chi connectivity index (χ0n) is 26.8. The van der Waals surface area contributed by atoms with E-state index in [2.05, 4.69) is 10.6 Å². The van der Waals surface area contributed by atoms with Crippen molar-refractivity contribution in [3.63, 3.8) is 0 Å². The zero-order chi connectivity index (χ0) is 33.0. The second-order valence-corrected chi connectivity index (χ2v) is 11.9. The van der Waals surface area contributed by atoms with E-state index in [-0.39, 0.29) is 48.9 Å². The van der Waals surface area contributed by atoms with Crippen LogP contribution in [-0.2, 0) is 18.3 Å². The number of rotatable bonds is 9. The summed E-state index contributed by atoms with van der Waals surface area (Å²) in [6, 6.07) is 19.2. The van der Waals surface area contributed by atoms with Gasteiger partial charge < -0.3 is 39.6 Å². The number of amides is 4. The van der Waals surface area contributed by atoms with Crippen LogP contribution in [0.2, 0.25) is 0 Å². The molecule has 0 unspecified atom stereocenters. The number of aromatic nitrogens is 1. The van der Waals surface area contributed by atoms with Gasteiger partial charge in [0.05, 0.1) is 38.3 Å². The van der Waals surface area contributed by atoms with E-state index in [0.717, 1.165) is 16.5 Å². The van der Waals surface area contributed by atoms with Gasteiger partial charge in [0.15, 0.2) is 0 Å². The highest BCUT2D eigenvalue weighted by Gasteiger charge is 2.34. The van der Waals surface area contributed by atoms with Gasteiger partial charge in [0.25, 0.3) is 5.91 Å². The molecule has 0 saturated heterocycles. The van der Waals surface area contributed by atoms with E-state index in [0.29, 0.717) is 29.4 Å². The highest BCUT2D eigenvalue weighted by molar-refractivity contribution is 6.01. The minimum atomic E-state index is -0.473. The van der Waals surface area contributed by atoms with E-state index in [1.807, 2.05) is 49.0 Å². The molecule has 11 heteroatoms. The van der Waals surface area contributed by atoms with Gasteiger partial charge in [-0.1, -0.05) is 25.1 Å². The maximum Gasteiger partial charge on any atom is 0.321 e. The first-order valence-electron chi connectivity index (χ1n) is 15.3. The molecule has 3 N–H and O–H groups in total. The standard InChI is InChI=1S/C35H41N5O6/c1-22-18-40(23(2)21-41)34(43)29-17-26(36-33(42)16-24-19-38(3)30-9-7-6-8-28(24)30)12-15-31(29)46-32(22)20-39(4)35(44)37-25-10-13-27(45-5)14-11-25/h6-15,17,19,22-23,32,41H,16,18,20-21H2,1-5H3,(H,36,42)(H,37,44)/t22-,23-,32+/m0/s1. The summed E-state index contributed by atoms with van der Waals surface area (Å²) in [5.41, 5.74) is 3.29. The summed E-state index contributed by atoms with van der Waals surface area (Å²) in [7, 11) is 5.21. The van der Waals surface area contributed by atoms with Gasteiger partial charge in [0.2, 0.25) is 5.91 Å². The number of carbonyl (C=O) groups excluding carboxylic acids is 3. The number of fused-ring (bicyclic) bond motifs is 2. The van der Waals surface area contributed by atoms with Crippen LogP contribution in [0.3, 0.4) is 0 Å². The van der Waals surface area contributed by atoms with Gasteiger partial charge in [0, 0.05) is 55.0 Å². The maximum atomic E-state index is 13.8. The number of likely N-dealkylation sites (N-methyl/N-ethyl adjacent to an activating group) is 1. The summed E-state index contributed by atoms with van der Waals surface area (Å²) < 4.78 is 13.6. The third-order valence-corrected chi connectivity index (χ3v) is 8.42. The first-order chi connectivity index (χ1) is 22.1. The quantitative estimate of drug-likeness (QED) is 0.246. The number of urea groups is 1. The molecule has 5 rings (SSSR count). The van der Waals surface area contributed by atoms with E-state index < -0.39 is 12.1 Å². The van der Waals surface area contributed by atoms with Crippen molar-refractivity contribution in [1.82, 2.24) is 14.4 Å². The number of anilines is 2. The third kappa shape index (κ3) is 7.10. The number of nitrogens with one attached hydrogen (secondary N) is 2. The van der Waals surface area contributed by atoms with Crippen molar-refractivity contribution >= 4 is 40.1 Å². The molecule has 1 aromatic heterocycles. The average Bonchev–Trinajstić information content (AvgIpc) is 3.37. The van der Waals surface area contributed by atoms with Crippen molar-refractivity contribution in [2.75, 3.05) is 44.5 Å². The number of hydrogen-bond acceptors (Lipinski definition) is 6. The summed E-state index contributed by atoms with van der Waals surface area (Å²) in [4.78, 5) is 43.2. The summed E-state index contributed by atoms with van der Waals surface area (Å²) in [6.07, 6.45) is 1.64. The predicted octanol–water partition coefficient (Wildman–Crippen LogP) is 4.75. The van der Waals surface area contributed by atoms with E-state index in [4.69, 9.17) is 9.47 Å². The van der Waals surface area contributed by atoms with Gasteiger partial charge >= 0.3 is 6.03 Å². The molecule has 4 aromatic rings. The highest BCUT2D eigenvalue weighted by atomic mass is 16.5. The molecule has 3 aromatic carbocycles. The van der Waals surface area contributed by atoms with Crippen molar-refractivity contribution < 1.29 is 29.0 Å². The molecule has 2 heterocycles. The van der Waals surface area contributed by atoms with Crippen LogP contribution in [0.15, 0.2) is 72.9 Å². The summed E-state index contributed by atoms with van der Waals surface area (Å²) in [5, 5.41) is 16.8. The van der Waals surface area contributed by atoms with Crippen LogP contribution in [0, 0.1) is 5.92 Å². The lowest BCUT2D eigenvalue weighted by Gasteiger charge is -2.38. The first kappa shape index (κ1) is 32.4. The molecule has 0 bridgehead atoms. The molecule has 0 spiro atoms. The molecular weight excluding hydrogens is 586 g/mol. The van der Waals surface area contributed by atoms with E-state index in [1.54, 1.807) is 68.4 Å². The topological polar surface area (TPSA) is 125 Å². The molecule has 46 heavy (non-hydrogen) atoms. The van der Waals surface area contributed by atoms with Crippen molar-refractivity contribution in [3.8, 4) is 11.5 Å². The Morgan fingerprint density at radius 3 is 2.52 bits per heavy atom. The molecule has 0 radical (unpaired) electrons. The molecule has 0 saturated carbocycles. The lowest BCUT2D eigenvalue weighted by atomic mass is 9.99.